The van der Waals surface area contributed by atoms with Crippen molar-refractivity contribution in [1.82, 2.24) is 14.7 Å². The Hall–Kier alpha value is -4.04. The van der Waals surface area contributed by atoms with Gasteiger partial charge in [0.25, 0.3) is 5.69 Å². The number of amides is 1. The lowest BCUT2D eigenvalue weighted by molar-refractivity contribution is -0.384. The maximum absolute atomic E-state index is 12.3. The summed E-state index contributed by atoms with van der Waals surface area (Å²) >= 11 is 0. The first-order chi connectivity index (χ1) is 16.1. The van der Waals surface area contributed by atoms with Gasteiger partial charge in [0.15, 0.2) is 0 Å². The molecule has 0 saturated heterocycles. The van der Waals surface area contributed by atoms with E-state index in [-0.39, 0.29) is 18.0 Å². The van der Waals surface area contributed by atoms with Crippen LogP contribution in [0.4, 0.5) is 5.69 Å². The number of nitro benzene ring substituents is 1. The number of benzene rings is 2. The zero-order chi connectivity index (χ0) is 23.2. The molecule has 0 spiro atoms. The minimum atomic E-state index is -0.426. The number of pyridine rings is 1. The molecule has 4 aromatic rings. The molecule has 8 nitrogen and oxygen atoms in total. The van der Waals surface area contributed by atoms with Gasteiger partial charge < -0.3 is 14.5 Å². The number of hydrogen-bond donors (Lipinski definition) is 1. The number of rotatable bonds is 9. The molecule has 0 aliphatic carbocycles. The van der Waals surface area contributed by atoms with Crippen molar-refractivity contribution >= 4 is 17.2 Å². The van der Waals surface area contributed by atoms with E-state index in [2.05, 4.69) is 5.32 Å². The number of nitrogens with zero attached hydrogens (tertiary/aromatic N) is 3. The molecule has 2 heterocycles. The molecular weight excluding hydrogens is 420 g/mol. The summed E-state index contributed by atoms with van der Waals surface area (Å²) in [6.45, 7) is 0.908. The van der Waals surface area contributed by atoms with Crippen LogP contribution >= 0.6 is 0 Å². The summed E-state index contributed by atoms with van der Waals surface area (Å²) < 4.78 is 6.98. The summed E-state index contributed by atoms with van der Waals surface area (Å²) in [6, 6.07) is 20.3. The summed E-state index contributed by atoms with van der Waals surface area (Å²) in [5.41, 5.74) is 5.22. The van der Waals surface area contributed by atoms with Crippen LogP contribution in [0.25, 0.3) is 28.0 Å². The van der Waals surface area contributed by atoms with E-state index in [0.717, 1.165) is 28.0 Å². The third kappa shape index (κ3) is 5.07. The van der Waals surface area contributed by atoms with Crippen LogP contribution in [-0.2, 0) is 16.0 Å². The highest BCUT2D eigenvalue weighted by molar-refractivity contribution is 5.77. The van der Waals surface area contributed by atoms with Crippen LogP contribution in [0.3, 0.4) is 0 Å². The third-order valence-electron chi connectivity index (χ3n) is 5.39. The monoisotopic (exact) mass is 444 g/mol. The van der Waals surface area contributed by atoms with Gasteiger partial charge in [-0.25, -0.2) is 4.98 Å². The number of non-ortho nitro benzene ring substituents is 1. The number of carbonyl (C=O) groups excluding carboxylic acids is 1. The van der Waals surface area contributed by atoms with Gasteiger partial charge >= 0.3 is 0 Å². The second-order valence-corrected chi connectivity index (χ2v) is 7.57. The molecule has 1 N–H and O–H groups in total. The first kappa shape index (κ1) is 22.2. The van der Waals surface area contributed by atoms with Crippen molar-refractivity contribution < 1.29 is 14.5 Å². The predicted molar refractivity (Wildman–Crippen MR) is 126 cm³/mol. The van der Waals surface area contributed by atoms with Crippen molar-refractivity contribution in [3.8, 4) is 22.4 Å². The van der Waals surface area contributed by atoms with Gasteiger partial charge in [-0.15, -0.1) is 0 Å². The molecule has 0 radical (unpaired) electrons. The van der Waals surface area contributed by atoms with Crippen LogP contribution in [0.1, 0.15) is 12.1 Å². The largest absolute Gasteiger partial charge is 0.383 e. The first-order valence-electron chi connectivity index (χ1n) is 10.6. The number of carbonyl (C=O) groups is 1. The molecular formula is C25H24N4O4. The van der Waals surface area contributed by atoms with E-state index in [4.69, 9.17) is 9.72 Å². The van der Waals surface area contributed by atoms with Gasteiger partial charge in [-0.3, -0.25) is 14.9 Å². The smallest absolute Gasteiger partial charge is 0.269 e. The number of methoxy groups -OCH3 is 1. The Bertz CT molecular complexity index is 1270. The van der Waals surface area contributed by atoms with Gasteiger partial charge in [0.1, 0.15) is 5.65 Å². The van der Waals surface area contributed by atoms with Crippen molar-refractivity contribution in [2.45, 2.75) is 12.8 Å². The second-order valence-electron chi connectivity index (χ2n) is 7.57. The molecule has 2 aromatic carbocycles. The molecule has 4 rings (SSSR count). The van der Waals surface area contributed by atoms with Crippen LogP contribution in [0.2, 0.25) is 0 Å². The second kappa shape index (κ2) is 10.1. The quantitative estimate of drug-likeness (QED) is 0.236. The topological polar surface area (TPSA) is 98.8 Å². The molecule has 0 aliphatic heterocycles. The van der Waals surface area contributed by atoms with Crippen LogP contribution in [0.15, 0.2) is 72.9 Å². The Balaban J connectivity index is 1.72. The molecule has 2 aromatic heterocycles. The average Bonchev–Trinajstić information content (AvgIpc) is 3.21. The Morgan fingerprint density at radius 3 is 2.45 bits per heavy atom. The van der Waals surface area contributed by atoms with Crippen molar-refractivity contribution in [3.05, 3.63) is 88.7 Å². The molecule has 168 valence electrons. The third-order valence-corrected chi connectivity index (χ3v) is 5.39. The zero-order valence-electron chi connectivity index (χ0n) is 18.2. The summed E-state index contributed by atoms with van der Waals surface area (Å²) in [6.07, 6.45) is 2.77. The highest BCUT2D eigenvalue weighted by atomic mass is 16.6. The maximum Gasteiger partial charge on any atom is 0.269 e. The number of ether oxygens (including phenoxy) is 1. The fraction of sp³-hybridized carbons (Fsp3) is 0.200. The molecule has 33 heavy (non-hydrogen) atoms. The van der Waals surface area contributed by atoms with Crippen LogP contribution in [-0.4, -0.2) is 40.5 Å². The van der Waals surface area contributed by atoms with E-state index in [1.807, 2.05) is 53.1 Å². The predicted octanol–water partition coefficient (Wildman–Crippen LogP) is 4.27. The Morgan fingerprint density at radius 2 is 1.76 bits per heavy atom. The lowest BCUT2D eigenvalue weighted by atomic mass is 10.1. The van der Waals surface area contributed by atoms with Gasteiger partial charge in [0.2, 0.25) is 5.91 Å². The van der Waals surface area contributed by atoms with Gasteiger partial charge in [-0.1, -0.05) is 30.3 Å². The number of nitro groups is 1. The normalized spacial score (nSPS) is 10.9. The number of aromatic nitrogens is 2. The highest BCUT2D eigenvalue weighted by Crippen LogP contribution is 2.29. The van der Waals surface area contributed by atoms with Crippen molar-refractivity contribution in [2.24, 2.45) is 0 Å². The van der Waals surface area contributed by atoms with Gasteiger partial charge in [-0.2, -0.15) is 0 Å². The fourth-order valence-electron chi connectivity index (χ4n) is 3.72. The Morgan fingerprint density at radius 1 is 1.03 bits per heavy atom. The van der Waals surface area contributed by atoms with Gasteiger partial charge in [0, 0.05) is 44.0 Å². The number of imidazole rings is 1. The van der Waals surface area contributed by atoms with Crippen molar-refractivity contribution in [1.29, 1.82) is 0 Å². The Kier molecular flexibility index (Phi) is 6.75. The van der Waals surface area contributed by atoms with Crippen molar-refractivity contribution in [3.63, 3.8) is 0 Å². The molecule has 1 amide bonds. The van der Waals surface area contributed by atoms with Crippen LogP contribution < -0.4 is 5.32 Å². The summed E-state index contributed by atoms with van der Waals surface area (Å²) in [5, 5.41) is 13.9. The molecule has 0 aliphatic rings. The highest BCUT2D eigenvalue weighted by Gasteiger charge is 2.17. The van der Waals surface area contributed by atoms with Crippen molar-refractivity contribution in [2.75, 3.05) is 20.3 Å². The van der Waals surface area contributed by atoms with E-state index in [9.17, 15) is 14.9 Å². The molecule has 0 fully saturated rings. The van der Waals surface area contributed by atoms with E-state index < -0.39 is 4.92 Å². The number of nitrogens with one attached hydrogen (secondary N) is 1. The SMILES string of the molecule is COCCNC(=O)CCc1c(-c2ccc([N+](=O)[O-])cc2)nc2ccc(-c3ccccc3)cn12. The fourth-order valence-corrected chi connectivity index (χ4v) is 3.72. The Labute approximate surface area is 191 Å². The molecule has 0 unspecified atom stereocenters. The number of aryl methyl sites for hydroxylation is 1. The molecule has 8 heteroatoms. The minimum absolute atomic E-state index is 0.0212. The van der Waals surface area contributed by atoms with Crippen LogP contribution in [0.5, 0.6) is 0 Å². The molecule has 0 bridgehead atoms. The first-order valence-corrected chi connectivity index (χ1v) is 10.6. The maximum atomic E-state index is 12.3. The van der Waals surface area contributed by atoms with Gasteiger partial charge in [-0.05, 0) is 41.8 Å². The van der Waals surface area contributed by atoms with E-state index in [1.165, 1.54) is 12.1 Å². The summed E-state index contributed by atoms with van der Waals surface area (Å²) in [4.78, 5) is 27.7. The molecule has 0 atom stereocenters. The summed E-state index contributed by atoms with van der Waals surface area (Å²) in [7, 11) is 1.59. The average molecular weight is 444 g/mol. The number of hydrogen-bond acceptors (Lipinski definition) is 5. The van der Waals surface area contributed by atoms with E-state index in [1.54, 1.807) is 19.2 Å². The lowest BCUT2D eigenvalue weighted by Gasteiger charge is -2.08. The summed E-state index contributed by atoms with van der Waals surface area (Å²) in [5.74, 6) is -0.0733. The minimum Gasteiger partial charge on any atom is -0.383 e. The number of fused-ring (bicyclic) bond motifs is 1. The van der Waals surface area contributed by atoms with E-state index >= 15 is 0 Å². The van der Waals surface area contributed by atoms with Gasteiger partial charge in [0.05, 0.1) is 22.9 Å². The van der Waals surface area contributed by atoms with E-state index in [0.29, 0.717) is 25.3 Å². The van der Waals surface area contributed by atoms with Crippen LogP contribution in [0, 0.1) is 10.1 Å². The lowest BCUT2D eigenvalue weighted by Crippen LogP contribution is -2.27. The standard InChI is InChI=1S/C25H24N4O4/c1-33-16-15-26-24(30)14-12-22-25(19-7-10-21(11-8-19)29(31)32)27-23-13-9-20(17-28(22)23)18-5-3-2-4-6-18/h2-11,13,17H,12,14-16H2,1H3,(H,26,30). The molecule has 0 saturated carbocycles. The zero-order valence-corrected chi connectivity index (χ0v) is 18.2.